The first-order valence-electron chi connectivity index (χ1n) is 5.30. The molecule has 0 fully saturated rings. The summed E-state index contributed by atoms with van der Waals surface area (Å²) < 4.78 is 7.12. The van der Waals surface area contributed by atoms with Crippen molar-refractivity contribution in [1.29, 1.82) is 0 Å². The summed E-state index contributed by atoms with van der Waals surface area (Å²) in [7, 11) is 0. The number of hydrogen-bond acceptors (Lipinski definition) is 6. The number of nitrogen functional groups attached to an aromatic ring is 1. The number of hydrogen-bond donors (Lipinski definition) is 1. The van der Waals surface area contributed by atoms with Crippen molar-refractivity contribution in [1.82, 2.24) is 25.0 Å². The van der Waals surface area contributed by atoms with Crippen molar-refractivity contribution in [3.63, 3.8) is 0 Å². The molecule has 0 saturated carbocycles. The van der Waals surface area contributed by atoms with E-state index in [2.05, 4.69) is 20.5 Å². The van der Waals surface area contributed by atoms with Crippen molar-refractivity contribution in [2.75, 3.05) is 5.73 Å². The standard InChI is InChI=1S/C11H10N6O/c1-7-2-3-9(8(12)4-7)18-11-6-13-5-10-14-15-16-17(10)11/h2-6H,12H2,1H3. The summed E-state index contributed by atoms with van der Waals surface area (Å²) >= 11 is 0. The van der Waals surface area contributed by atoms with E-state index in [4.69, 9.17) is 10.5 Å². The zero-order valence-corrected chi connectivity index (χ0v) is 9.61. The first-order valence-corrected chi connectivity index (χ1v) is 5.30. The number of rotatable bonds is 2. The van der Waals surface area contributed by atoms with Crippen LogP contribution in [0.25, 0.3) is 5.65 Å². The molecule has 2 aromatic heterocycles. The molecule has 0 aliphatic rings. The van der Waals surface area contributed by atoms with Crippen molar-refractivity contribution in [3.8, 4) is 11.6 Å². The smallest absolute Gasteiger partial charge is 0.242 e. The molecule has 0 unspecified atom stereocenters. The Hall–Kier alpha value is -2.70. The van der Waals surface area contributed by atoms with Gasteiger partial charge in [0.05, 0.1) is 18.1 Å². The highest BCUT2D eigenvalue weighted by molar-refractivity contribution is 5.55. The van der Waals surface area contributed by atoms with E-state index in [0.717, 1.165) is 5.56 Å². The Bertz CT molecular complexity index is 708. The van der Waals surface area contributed by atoms with Gasteiger partial charge in [-0.15, -0.1) is 5.10 Å². The first kappa shape index (κ1) is 10.5. The van der Waals surface area contributed by atoms with Crippen LogP contribution < -0.4 is 10.5 Å². The van der Waals surface area contributed by atoms with Gasteiger partial charge in [0, 0.05) is 0 Å². The summed E-state index contributed by atoms with van der Waals surface area (Å²) in [5.41, 5.74) is 8.02. The Morgan fingerprint density at radius 3 is 3.00 bits per heavy atom. The van der Waals surface area contributed by atoms with E-state index in [1.54, 1.807) is 12.3 Å². The molecular formula is C11H10N6O. The van der Waals surface area contributed by atoms with E-state index in [1.807, 2.05) is 19.1 Å². The number of tetrazole rings is 1. The monoisotopic (exact) mass is 242 g/mol. The van der Waals surface area contributed by atoms with Crippen molar-refractivity contribution in [3.05, 3.63) is 36.2 Å². The Balaban J connectivity index is 2.03. The second-order valence-electron chi connectivity index (χ2n) is 3.84. The molecule has 7 heteroatoms. The normalized spacial score (nSPS) is 10.7. The maximum Gasteiger partial charge on any atom is 0.242 e. The molecule has 0 amide bonds. The molecule has 0 atom stereocenters. The Morgan fingerprint density at radius 1 is 1.28 bits per heavy atom. The summed E-state index contributed by atoms with van der Waals surface area (Å²) in [6.07, 6.45) is 3.08. The number of nitrogens with zero attached hydrogens (tertiary/aromatic N) is 5. The average Bonchev–Trinajstić information content (AvgIpc) is 2.82. The minimum absolute atomic E-state index is 0.410. The molecule has 2 N–H and O–H groups in total. The average molecular weight is 242 g/mol. The minimum atomic E-state index is 0.410. The number of aromatic nitrogens is 5. The summed E-state index contributed by atoms with van der Waals surface area (Å²) in [6.45, 7) is 1.96. The fraction of sp³-hybridized carbons (Fsp3) is 0.0909. The Morgan fingerprint density at radius 2 is 2.17 bits per heavy atom. The number of anilines is 1. The lowest BCUT2D eigenvalue weighted by Gasteiger charge is -2.08. The lowest BCUT2D eigenvalue weighted by atomic mass is 10.2. The second-order valence-corrected chi connectivity index (χ2v) is 3.84. The molecule has 0 radical (unpaired) electrons. The van der Waals surface area contributed by atoms with Gasteiger partial charge in [0.25, 0.3) is 0 Å². The van der Waals surface area contributed by atoms with Gasteiger partial charge in [-0.3, -0.25) is 4.98 Å². The van der Waals surface area contributed by atoms with Crippen molar-refractivity contribution >= 4 is 11.3 Å². The lowest BCUT2D eigenvalue weighted by Crippen LogP contribution is -1.99. The topological polar surface area (TPSA) is 91.2 Å². The molecule has 2 heterocycles. The van der Waals surface area contributed by atoms with Gasteiger partial charge in [0.2, 0.25) is 11.5 Å². The SMILES string of the molecule is Cc1ccc(Oc2cncc3nnnn23)c(N)c1. The van der Waals surface area contributed by atoms with E-state index >= 15 is 0 Å². The molecule has 0 aliphatic carbocycles. The molecular weight excluding hydrogens is 232 g/mol. The van der Waals surface area contributed by atoms with Crippen molar-refractivity contribution in [2.24, 2.45) is 0 Å². The maximum atomic E-state index is 5.88. The molecule has 90 valence electrons. The minimum Gasteiger partial charge on any atom is -0.435 e. The Kier molecular flexibility index (Phi) is 2.30. The van der Waals surface area contributed by atoms with Crippen LogP contribution in [0, 0.1) is 6.92 Å². The summed E-state index contributed by atoms with van der Waals surface area (Å²) in [6, 6.07) is 5.55. The van der Waals surface area contributed by atoms with Gasteiger partial charge in [-0.1, -0.05) is 6.07 Å². The Labute approximate surface area is 102 Å². The van der Waals surface area contributed by atoms with E-state index < -0.39 is 0 Å². The van der Waals surface area contributed by atoms with Gasteiger partial charge in [-0.2, -0.15) is 4.52 Å². The van der Waals surface area contributed by atoms with Crippen molar-refractivity contribution in [2.45, 2.75) is 6.92 Å². The van der Waals surface area contributed by atoms with Crippen LogP contribution in [0.4, 0.5) is 5.69 Å². The van der Waals surface area contributed by atoms with Crippen LogP contribution in [-0.4, -0.2) is 25.0 Å². The van der Waals surface area contributed by atoms with E-state index in [0.29, 0.717) is 23.0 Å². The molecule has 3 aromatic rings. The highest BCUT2D eigenvalue weighted by atomic mass is 16.5. The molecule has 0 bridgehead atoms. The highest BCUT2D eigenvalue weighted by Gasteiger charge is 2.08. The van der Waals surface area contributed by atoms with Crippen LogP contribution in [0.15, 0.2) is 30.6 Å². The fourth-order valence-corrected chi connectivity index (χ4v) is 1.60. The summed E-state index contributed by atoms with van der Waals surface area (Å²) in [5.74, 6) is 0.957. The van der Waals surface area contributed by atoms with E-state index in [9.17, 15) is 0 Å². The molecule has 7 nitrogen and oxygen atoms in total. The molecule has 0 aliphatic heterocycles. The number of fused-ring (bicyclic) bond motifs is 1. The number of ether oxygens (including phenoxy) is 1. The predicted molar refractivity (Wildman–Crippen MR) is 64.2 cm³/mol. The van der Waals surface area contributed by atoms with Crippen LogP contribution in [-0.2, 0) is 0 Å². The maximum absolute atomic E-state index is 5.88. The van der Waals surface area contributed by atoms with Crippen LogP contribution in [0.5, 0.6) is 11.6 Å². The summed E-state index contributed by atoms with van der Waals surface area (Å²) in [4.78, 5) is 4.00. The third-order valence-electron chi connectivity index (χ3n) is 2.46. The number of aryl methyl sites for hydroxylation is 1. The van der Waals surface area contributed by atoms with Crippen LogP contribution >= 0.6 is 0 Å². The highest BCUT2D eigenvalue weighted by Crippen LogP contribution is 2.27. The van der Waals surface area contributed by atoms with Gasteiger partial charge in [0.1, 0.15) is 0 Å². The summed E-state index contributed by atoms with van der Waals surface area (Å²) in [5, 5.41) is 11.1. The molecule has 1 aromatic carbocycles. The second kappa shape index (κ2) is 3.95. The van der Waals surface area contributed by atoms with Crippen LogP contribution in [0.3, 0.4) is 0 Å². The van der Waals surface area contributed by atoms with Crippen LogP contribution in [0.2, 0.25) is 0 Å². The number of nitrogens with two attached hydrogens (primary N) is 1. The zero-order chi connectivity index (χ0) is 12.5. The molecule has 0 spiro atoms. The third kappa shape index (κ3) is 1.71. The van der Waals surface area contributed by atoms with Crippen LogP contribution in [0.1, 0.15) is 5.56 Å². The van der Waals surface area contributed by atoms with E-state index in [1.165, 1.54) is 10.7 Å². The molecule has 3 rings (SSSR count). The van der Waals surface area contributed by atoms with Gasteiger partial charge in [-0.25, -0.2) is 0 Å². The van der Waals surface area contributed by atoms with Gasteiger partial charge in [0.15, 0.2) is 5.75 Å². The van der Waals surface area contributed by atoms with Crippen molar-refractivity contribution < 1.29 is 4.74 Å². The zero-order valence-electron chi connectivity index (χ0n) is 9.61. The quantitative estimate of drug-likeness (QED) is 0.679. The first-order chi connectivity index (χ1) is 8.74. The fourth-order valence-electron chi connectivity index (χ4n) is 1.60. The number of benzene rings is 1. The molecule has 18 heavy (non-hydrogen) atoms. The predicted octanol–water partition coefficient (Wildman–Crippen LogP) is 1.20. The lowest BCUT2D eigenvalue weighted by molar-refractivity contribution is 0.444. The van der Waals surface area contributed by atoms with Gasteiger partial charge >= 0.3 is 0 Å². The van der Waals surface area contributed by atoms with Gasteiger partial charge in [-0.05, 0) is 35.0 Å². The largest absolute Gasteiger partial charge is 0.435 e. The third-order valence-corrected chi connectivity index (χ3v) is 2.46. The van der Waals surface area contributed by atoms with Gasteiger partial charge < -0.3 is 10.5 Å². The molecule has 0 saturated heterocycles. The van der Waals surface area contributed by atoms with E-state index in [-0.39, 0.29) is 0 Å².